The largest absolute Gasteiger partial charge is 0.334 e. The average molecular weight is 338 g/mol. The number of benzene rings is 2. The van der Waals surface area contributed by atoms with Crippen LogP contribution in [0.25, 0.3) is 27.0 Å². The van der Waals surface area contributed by atoms with Crippen LogP contribution in [0, 0.1) is 5.82 Å². The molecule has 118 valence electrons. The summed E-state index contributed by atoms with van der Waals surface area (Å²) in [6, 6.07) is 15.1. The van der Waals surface area contributed by atoms with Gasteiger partial charge in [0.15, 0.2) is 0 Å². The third kappa shape index (κ3) is 2.19. The second-order valence-electron chi connectivity index (χ2n) is 5.24. The van der Waals surface area contributed by atoms with Gasteiger partial charge < -0.3 is 0 Å². The minimum absolute atomic E-state index is 0.0594. The number of fused-ring (bicyclic) bond motifs is 1. The first-order valence-electron chi connectivity index (χ1n) is 7.23. The van der Waals surface area contributed by atoms with Gasteiger partial charge in [0.05, 0.1) is 11.1 Å². The molecule has 0 atom stereocenters. The fourth-order valence-electron chi connectivity index (χ4n) is 2.70. The molecule has 0 aliphatic rings. The van der Waals surface area contributed by atoms with Crippen molar-refractivity contribution in [1.82, 2.24) is 9.55 Å². The fourth-order valence-corrected chi connectivity index (χ4v) is 3.65. The molecule has 0 aliphatic carbocycles. The number of nitrogens with zero attached hydrogens (tertiary/aromatic N) is 1. The predicted molar refractivity (Wildman–Crippen MR) is 93.4 cm³/mol. The number of nitrogens with one attached hydrogen (secondary N) is 1. The first-order valence-corrected chi connectivity index (χ1v) is 8.11. The van der Waals surface area contributed by atoms with Gasteiger partial charge in [0, 0.05) is 10.9 Å². The molecule has 0 unspecified atom stereocenters. The summed E-state index contributed by atoms with van der Waals surface area (Å²) >= 11 is 1.28. The number of aromatic amines is 1. The molecule has 0 amide bonds. The topological polar surface area (TPSA) is 54.9 Å². The number of thiophene rings is 1. The lowest BCUT2D eigenvalue weighted by Gasteiger charge is -2.06. The smallest absolute Gasteiger partial charge is 0.298 e. The molecule has 0 bridgehead atoms. The average Bonchev–Trinajstić information content (AvgIpc) is 3.01. The molecule has 6 heteroatoms. The highest BCUT2D eigenvalue weighted by Crippen LogP contribution is 2.30. The minimum Gasteiger partial charge on any atom is -0.298 e. The Hall–Kier alpha value is -2.99. The number of para-hydroxylation sites is 1. The van der Waals surface area contributed by atoms with E-state index in [1.54, 1.807) is 6.07 Å². The molecule has 1 N–H and O–H groups in total. The Morgan fingerprint density at radius 1 is 0.958 bits per heavy atom. The second-order valence-corrected chi connectivity index (χ2v) is 6.12. The molecule has 2 aromatic heterocycles. The summed E-state index contributed by atoms with van der Waals surface area (Å²) in [6.07, 6.45) is 0. The molecule has 2 aromatic carbocycles. The van der Waals surface area contributed by atoms with Crippen molar-refractivity contribution < 1.29 is 4.39 Å². The Balaban J connectivity index is 2.10. The van der Waals surface area contributed by atoms with E-state index < -0.39 is 17.1 Å². The highest BCUT2D eigenvalue weighted by molar-refractivity contribution is 7.17. The first-order chi connectivity index (χ1) is 11.7. The normalized spacial score (nSPS) is 11.0. The van der Waals surface area contributed by atoms with Crippen LogP contribution < -0.4 is 11.2 Å². The van der Waals surface area contributed by atoms with E-state index in [1.165, 1.54) is 29.5 Å². The summed E-state index contributed by atoms with van der Waals surface area (Å²) in [7, 11) is 0. The molecule has 2 heterocycles. The lowest BCUT2D eigenvalue weighted by atomic mass is 10.1. The van der Waals surface area contributed by atoms with Crippen LogP contribution in [0.2, 0.25) is 0 Å². The molecule has 0 aliphatic heterocycles. The Kier molecular flexibility index (Phi) is 3.39. The summed E-state index contributed by atoms with van der Waals surface area (Å²) in [6.45, 7) is 0. The molecule has 4 rings (SSSR count). The maximum absolute atomic E-state index is 14.1. The molecule has 0 radical (unpaired) electrons. The van der Waals surface area contributed by atoms with E-state index in [0.717, 1.165) is 15.7 Å². The molecule has 0 spiro atoms. The van der Waals surface area contributed by atoms with Crippen molar-refractivity contribution in [2.75, 3.05) is 0 Å². The molecule has 0 fully saturated rings. The van der Waals surface area contributed by atoms with E-state index in [4.69, 9.17) is 0 Å². The Morgan fingerprint density at radius 2 is 1.67 bits per heavy atom. The lowest BCUT2D eigenvalue weighted by molar-refractivity contribution is 0.613. The molecule has 24 heavy (non-hydrogen) atoms. The lowest BCUT2D eigenvalue weighted by Crippen LogP contribution is -2.33. The summed E-state index contributed by atoms with van der Waals surface area (Å²) < 4.78 is 14.9. The number of H-pyrrole nitrogens is 1. The zero-order valence-corrected chi connectivity index (χ0v) is 13.1. The van der Waals surface area contributed by atoms with Gasteiger partial charge in [0.1, 0.15) is 10.6 Å². The third-order valence-electron chi connectivity index (χ3n) is 3.81. The van der Waals surface area contributed by atoms with Gasteiger partial charge in [0.2, 0.25) is 0 Å². The highest BCUT2D eigenvalue weighted by atomic mass is 32.1. The van der Waals surface area contributed by atoms with E-state index in [0.29, 0.717) is 10.2 Å². The van der Waals surface area contributed by atoms with Crippen LogP contribution in [0.4, 0.5) is 4.39 Å². The van der Waals surface area contributed by atoms with Crippen LogP contribution in [0.3, 0.4) is 0 Å². The third-order valence-corrected chi connectivity index (χ3v) is 4.71. The molecule has 0 saturated carbocycles. The molecule has 4 nitrogen and oxygen atoms in total. The standard InChI is InChI=1S/C18H11FN2O2S/c19-13-8-4-5-9-14(13)21-17(22)15-12(11-6-2-1-3-7-11)10-24-16(15)20-18(21)23/h1-10H,(H,20,23). The van der Waals surface area contributed by atoms with Gasteiger partial charge in [-0.1, -0.05) is 42.5 Å². The van der Waals surface area contributed by atoms with Crippen molar-refractivity contribution in [2.45, 2.75) is 0 Å². The van der Waals surface area contributed by atoms with Crippen LogP contribution in [0.1, 0.15) is 0 Å². The second kappa shape index (κ2) is 5.58. The van der Waals surface area contributed by atoms with Gasteiger partial charge in [-0.25, -0.2) is 13.8 Å². The number of rotatable bonds is 2. The molecular formula is C18H11FN2O2S. The fraction of sp³-hybridized carbons (Fsp3) is 0. The zero-order chi connectivity index (χ0) is 16.7. The molecule has 0 saturated heterocycles. The van der Waals surface area contributed by atoms with Crippen molar-refractivity contribution in [2.24, 2.45) is 0 Å². The van der Waals surface area contributed by atoms with E-state index in [2.05, 4.69) is 4.98 Å². The number of halogens is 1. The maximum atomic E-state index is 14.1. The Morgan fingerprint density at radius 3 is 2.42 bits per heavy atom. The minimum atomic E-state index is -0.654. The van der Waals surface area contributed by atoms with E-state index in [9.17, 15) is 14.0 Å². The summed E-state index contributed by atoms with van der Waals surface area (Å²) in [5.41, 5.74) is 0.351. The molecular weight excluding hydrogens is 327 g/mol. The van der Waals surface area contributed by atoms with Crippen molar-refractivity contribution in [3.05, 3.63) is 86.6 Å². The van der Waals surface area contributed by atoms with Crippen LogP contribution in [-0.4, -0.2) is 9.55 Å². The van der Waals surface area contributed by atoms with Crippen LogP contribution in [0.15, 0.2) is 69.6 Å². The number of hydrogen-bond donors (Lipinski definition) is 1. The quantitative estimate of drug-likeness (QED) is 0.608. The van der Waals surface area contributed by atoms with E-state index >= 15 is 0 Å². The zero-order valence-electron chi connectivity index (χ0n) is 12.3. The highest BCUT2D eigenvalue weighted by Gasteiger charge is 2.17. The summed E-state index contributed by atoms with van der Waals surface area (Å²) in [5, 5.41) is 2.21. The first kappa shape index (κ1) is 14.6. The van der Waals surface area contributed by atoms with Gasteiger partial charge in [-0.05, 0) is 17.7 Å². The van der Waals surface area contributed by atoms with Gasteiger partial charge in [-0.15, -0.1) is 11.3 Å². The van der Waals surface area contributed by atoms with E-state index in [-0.39, 0.29) is 5.69 Å². The number of hydrogen-bond acceptors (Lipinski definition) is 3. The molecule has 4 aromatic rings. The van der Waals surface area contributed by atoms with Gasteiger partial charge in [-0.3, -0.25) is 9.78 Å². The van der Waals surface area contributed by atoms with Crippen LogP contribution >= 0.6 is 11.3 Å². The van der Waals surface area contributed by atoms with E-state index in [1.807, 2.05) is 35.7 Å². The summed E-state index contributed by atoms with van der Waals surface area (Å²) in [5.74, 6) is -0.624. The Labute approximate surface area is 139 Å². The van der Waals surface area contributed by atoms with Gasteiger partial charge in [0.25, 0.3) is 5.56 Å². The summed E-state index contributed by atoms with van der Waals surface area (Å²) in [4.78, 5) is 28.4. The van der Waals surface area contributed by atoms with Crippen molar-refractivity contribution in [1.29, 1.82) is 0 Å². The monoisotopic (exact) mass is 338 g/mol. The predicted octanol–water partition coefficient (Wildman–Crippen LogP) is 3.55. The van der Waals surface area contributed by atoms with Gasteiger partial charge >= 0.3 is 5.69 Å². The van der Waals surface area contributed by atoms with Crippen molar-refractivity contribution in [3.8, 4) is 16.8 Å². The number of aromatic nitrogens is 2. The maximum Gasteiger partial charge on any atom is 0.334 e. The van der Waals surface area contributed by atoms with Crippen LogP contribution in [-0.2, 0) is 0 Å². The van der Waals surface area contributed by atoms with Crippen LogP contribution in [0.5, 0.6) is 0 Å². The van der Waals surface area contributed by atoms with Crippen molar-refractivity contribution >= 4 is 21.6 Å². The Bertz CT molecular complexity index is 1160. The van der Waals surface area contributed by atoms with Gasteiger partial charge in [-0.2, -0.15) is 0 Å². The SMILES string of the molecule is O=c1[nH]c2scc(-c3ccccc3)c2c(=O)n1-c1ccccc1F. The van der Waals surface area contributed by atoms with Crippen molar-refractivity contribution in [3.63, 3.8) is 0 Å².